The quantitative estimate of drug-likeness (QED) is 0.632. The maximum absolute atomic E-state index is 5.39. The number of hydrogen-bond acceptors (Lipinski definition) is 1. The zero-order valence-electron chi connectivity index (χ0n) is 6.47. The highest BCUT2D eigenvalue weighted by molar-refractivity contribution is 7.80. The predicted molar refractivity (Wildman–Crippen MR) is 47.9 cm³/mol. The van der Waals surface area contributed by atoms with E-state index in [2.05, 4.69) is 6.92 Å². The Hall–Kier alpha value is -0.110. The van der Waals surface area contributed by atoms with Gasteiger partial charge < -0.3 is 5.73 Å². The van der Waals surface area contributed by atoms with E-state index >= 15 is 0 Å². The molecule has 0 spiro atoms. The summed E-state index contributed by atoms with van der Waals surface area (Å²) in [6, 6.07) is 0. The van der Waals surface area contributed by atoms with E-state index in [-0.39, 0.29) is 0 Å². The van der Waals surface area contributed by atoms with Gasteiger partial charge in [-0.25, -0.2) is 0 Å². The fourth-order valence-electron chi connectivity index (χ4n) is 1.27. The molecule has 58 valence electrons. The lowest BCUT2D eigenvalue weighted by atomic mass is 10.0. The second-order valence-corrected chi connectivity index (χ2v) is 3.84. The minimum absolute atomic E-state index is 0.674. The minimum atomic E-state index is 0.674. The first-order valence-electron chi connectivity index (χ1n) is 3.98. The molecule has 0 aromatic carbocycles. The summed E-state index contributed by atoms with van der Waals surface area (Å²) in [5, 5.41) is 0. The SMILES string of the molecule is CC(CCC(N)=S)C1CC1. The minimum Gasteiger partial charge on any atom is -0.393 e. The number of hydrogen-bond donors (Lipinski definition) is 1. The van der Waals surface area contributed by atoms with Gasteiger partial charge in [-0.3, -0.25) is 0 Å². The molecule has 1 fully saturated rings. The van der Waals surface area contributed by atoms with E-state index in [0.29, 0.717) is 4.99 Å². The van der Waals surface area contributed by atoms with Gasteiger partial charge in [-0.2, -0.15) is 0 Å². The second kappa shape index (κ2) is 3.33. The molecule has 1 aliphatic rings. The second-order valence-electron chi connectivity index (χ2n) is 3.32. The molecule has 2 heteroatoms. The van der Waals surface area contributed by atoms with Crippen molar-refractivity contribution in [3.63, 3.8) is 0 Å². The number of rotatable bonds is 4. The maximum Gasteiger partial charge on any atom is 0.0727 e. The van der Waals surface area contributed by atoms with Gasteiger partial charge in [0.15, 0.2) is 0 Å². The molecule has 0 amide bonds. The Labute approximate surface area is 68.0 Å². The van der Waals surface area contributed by atoms with Crippen molar-refractivity contribution >= 4 is 17.2 Å². The number of thiocarbonyl (C=S) groups is 1. The molecule has 1 saturated carbocycles. The third-order valence-electron chi connectivity index (χ3n) is 2.27. The van der Waals surface area contributed by atoms with Gasteiger partial charge in [0.1, 0.15) is 0 Å². The van der Waals surface area contributed by atoms with Crippen LogP contribution in [-0.2, 0) is 0 Å². The summed E-state index contributed by atoms with van der Waals surface area (Å²) in [7, 11) is 0. The summed E-state index contributed by atoms with van der Waals surface area (Å²) in [6.45, 7) is 2.30. The van der Waals surface area contributed by atoms with Crippen LogP contribution in [0.1, 0.15) is 32.6 Å². The molecule has 1 unspecified atom stereocenters. The fourth-order valence-corrected chi connectivity index (χ4v) is 1.39. The normalized spacial score (nSPS) is 20.5. The van der Waals surface area contributed by atoms with Crippen molar-refractivity contribution in [1.29, 1.82) is 0 Å². The van der Waals surface area contributed by atoms with Crippen LogP contribution in [0.3, 0.4) is 0 Å². The van der Waals surface area contributed by atoms with E-state index in [0.717, 1.165) is 18.3 Å². The zero-order chi connectivity index (χ0) is 7.56. The van der Waals surface area contributed by atoms with Gasteiger partial charge in [0.25, 0.3) is 0 Å². The molecule has 1 nitrogen and oxygen atoms in total. The summed E-state index contributed by atoms with van der Waals surface area (Å²) in [5.41, 5.74) is 5.39. The van der Waals surface area contributed by atoms with Crippen molar-refractivity contribution in [3.8, 4) is 0 Å². The van der Waals surface area contributed by atoms with E-state index in [1.807, 2.05) is 0 Å². The van der Waals surface area contributed by atoms with Crippen molar-refractivity contribution in [3.05, 3.63) is 0 Å². The van der Waals surface area contributed by atoms with E-state index in [1.54, 1.807) is 0 Å². The van der Waals surface area contributed by atoms with Crippen LogP contribution < -0.4 is 5.73 Å². The maximum atomic E-state index is 5.39. The molecule has 1 aliphatic carbocycles. The van der Waals surface area contributed by atoms with Crippen LogP contribution >= 0.6 is 12.2 Å². The molecule has 2 N–H and O–H groups in total. The average molecular weight is 157 g/mol. The van der Waals surface area contributed by atoms with Gasteiger partial charge in [0, 0.05) is 0 Å². The van der Waals surface area contributed by atoms with Crippen molar-refractivity contribution < 1.29 is 0 Å². The van der Waals surface area contributed by atoms with Crippen molar-refractivity contribution in [2.24, 2.45) is 17.6 Å². The molecule has 0 saturated heterocycles. The molecule has 1 atom stereocenters. The van der Waals surface area contributed by atoms with E-state index < -0.39 is 0 Å². The summed E-state index contributed by atoms with van der Waals surface area (Å²) >= 11 is 4.80. The Morgan fingerprint density at radius 3 is 2.70 bits per heavy atom. The van der Waals surface area contributed by atoms with Gasteiger partial charge in [0.05, 0.1) is 4.99 Å². The Morgan fingerprint density at radius 2 is 2.30 bits per heavy atom. The van der Waals surface area contributed by atoms with Crippen LogP contribution in [0.25, 0.3) is 0 Å². The highest BCUT2D eigenvalue weighted by atomic mass is 32.1. The van der Waals surface area contributed by atoms with E-state index in [9.17, 15) is 0 Å². The van der Waals surface area contributed by atoms with Crippen LogP contribution in [0.2, 0.25) is 0 Å². The van der Waals surface area contributed by atoms with Gasteiger partial charge in [-0.1, -0.05) is 19.1 Å². The molecule has 0 bridgehead atoms. The highest BCUT2D eigenvalue weighted by Gasteiger charge is 2.27. The average Bonchev–Trinajstić information content (AvgIpc) is 2.63. The van der Waals surface area contributed by atoms with E-state index in [1.165, 1.54) is 19.3 Å². The molecular formula is C8H15NS. The molecule has 10 heavy (non-hydrogen) atoms. The van der Waals surface area contributed by atoms with Crippen LogP contribution in [0, 0.1) is 11.8 Å². The monoisotopic (exact) mass is 157 g/mol. The van der Waals surface area contributed by atoms with Gasteiger partial charge in [-0.15, -0.1) is 0 Å². The summed E-state index contributed by atoms with van der Waals surface area (Å²) < 4.78 is 0. The number of nitrogens with two attached hydrogens (primary N) is 1. The van der Waals surface area contributed by atoms with Gasteiger partial charge in [-0.05, 0) is 37.5 Å². The fraction of sp³-hybridized carbons (Fsp3) is 0.875. The smallest absolute Gasteiger partial charge is 0.0727 e. The van der Waals surface area contributed by atoms with Gasteiger partial charge >= 0.3 is 0 Å². The zero-order valence-corrected chi connectivity index (χ0v) is 7.29. The Kier molecular flexibility index (Phi) is 2.66. The standard InChI is InChI=1S/C8H15NS/c1-6(7-3-4-7)2-5-8(9)10/h6-7H,2-5H2,1H3,(H2,9,10). The molecule has 1 rings (SSSR count). The molecular weight excluding hydrogens is 142 g/mol. The third-order valence-corrected chi connectivity index (χ3v) is 2.48. The van der Waals surface area contributed by atoms with Crippen molar-refractivity contribution in [2.45, 2.75) is 32.6 Å². The summed E-state index contributed by atoms with van der Waals surface area (Å²) in [5.74, 6) is 1.84. The Balaban J connectivity index is 2.05. The predicted octanol–water partition coefficient (Wildman–Crippen LogP) is 2.10. The van der Waals surface area contributed by atoms with Crippen molar-refractivity contribution in [1.82, 2.24) is 0 Å². The Morgan fingerprint density at radius 1 is 1.70 bits per heavy atom. The molecule has 0 radical (unpaired) electrons. The van der Waals surface area contributed by atoms with E-state index in [4.69, 9.17) is 18.0 Å². The van der Waals surface area contributed by atoms with Crippen molar-refractivity contribution in [2.75, 3.05) is 0 Å². The topological polar surface area (TPSA) is 26.0 Å². The lowest BCUT2D eigenvalue weighted by Crippen LogP contribution is -2.09. The third kappa shape index (κ3) is 2.65. The van der Waals surface area contributed by atoms with Crippen LogP contribution in [0.5, 0.6) is 0 Å². The van der Waals surface area contributed by atoms with Crippen LogP contribution in [0.4, 0.5) is 0 Å². The first-order chi connectivity index (χ1) is 4.70. The Bertz CT molecular complexity index is 129. The highest BCUT2D eigenvalue weighted by Crippen LogP contribution is 2.38. The molecule has 0 aromatic rings. The molecule has 0 aliphatic heterocycles. The largest absolute Gasteiger partial charge is 0.393 e. The van der Waals surface area contributed by atoms with Gasteiger partial charge in [0.2, 0.25) is 0 Å². The molecule has 0 aromatic heterocycles. The lowest BCUT2D eigenvalue weighted by molar-refractivity contribution is 0.480. The summed E-state index contributed by atoms with van der Waals surface area (Å²) in [4.78, 5) is 0.674. The molecule has 0 heterocycles. The van der Waals surface area contributed by atoms with Crippen LogP contribution in [-0.4, -0.2) is 4.99 Å². The lowest BCUT2D eigenvalue weighted by Gasteiger charge is -2.07. The van der Waals surface area contributed by atoms with Crippen LogP contribution in [0.15, 0.2) is 0 Å². The summed E-state index contributed by atoms with van der Waals surface area (Å²) in [6.07, 6.45) is 4.99. The first kappa shape index (κ1) is 7.99. The first-order valence-corrected chi connectivity index (χ1v) is 4.39.